The number of ether oxygens (including phenoxy) is 1. The Hall–Kier alpha value is -0.450. The van der Waals surface area contributed by atoms with Gasteiger partial charge in [-0.05, 0) is 25.7 Å². The van der Waals surface area contributed by atoms with Gasteiger partial charge >= 0.3 is 0 Å². The summed E-state index contributed by atoms with van der Waals surface area (Å²) in [5.74, 6) is 0. The number of aromatic nitrogens is 1. The summed E-state index contributed by atoms with van der Waals surface area (Å²) in [6.45, 7) is 0. The van der Waals surface area contributed by atoms with Crippen LogP contribution in [0.25, 0.3) is 0 Å². The molecule has 1 aliphatic rings. The predicted octanol–water partition coefficient (Wildman–Crippen LogP) is 1.89. The second-order valence-corrected chi connectivity index (χ2v) is 4.84. The van der Waals surface area contributed by atoms with E-state index in [9.17, 15) is 0 Å². The monoisotopic (exact) mass is 212 g/mol. The van der Waals surface area contributed by atoms with Crippen LogP contribution in [0, 0.1) is 0 Å². The first-order chi connectivity index (χ1) is 6.74. The van der Waals surface area contributed by atoms with Crippen molar-refractivity contribution in [2.45, 2.75) is 37.3 Å². The van der Waals surface area contributed by atoms with E-state index in [0.717, 1.165) is 30.7 Å². The summed E-state index contributed by atoms with van der Waals surface area (Å²) in [7, 11) is 1.76. The van der Waals surface area contributed by atoms with Gasteiger partial charge in [0.15, 0.2) is 0 Å². The molecule has 1 fully saturated rings. The van der Waals surface area contributed by atoms with Crippen LogP contribution in [-0.2, 0) is 10.3 Å². The second kappa shape index (κ2) is 3.96. The fraction of sp³-hybridized carbons (Fsp3) is 0.700. The second-order valence-electron chi connectivity index (χ2n) is 3.95. The topological polar surface area (TPSA) is 48.1 Å². The number of methoxy groups -OCH3 is 1. The van der Waals surface area contributed by atoms with Crippen LogP contribution >= 0.6 is 11.3 Å². The Morgan fingerprint density at radius 3 is 3.21 bits per heavy atom. The zero-order chi connectivity index (χ0) is 10.0. The molecule has 4 heteroatoms. The maximum absolute atomic E-state index is 6.36. The molecular formula is C10H16N2OS. The van der Waals surface area contributed by atoms with Gasteiger partial charge in [-0.3, -0.25) is 0 Å². The van der Waals surface area contributed by atoms with E-state index in [1.165, 1.54) is 0 Å². The van der Waals surface area contributed by atoms with E-state index in [2.05, 4.69) is 4.98 Å². The lowest BCUT2D eigenvalue weighted by atomic mass is 9.81. The summed E-state index contributed by atoms with van der Waals surface area (Å²) in [5.41, 5.74) is 6.12. The van der Waals surface area contributed by atoms with E-state index in [0.29, 0.717) is 6.10 Å². The van der Waals surface area contributed by atoms with E-state index >= 15 is 0 Å². The van der Waals surface area contributed by atoms with Crippen molar-refractivity contribution >= 4 is 11.3 Å². The van der Waals surface area contributed by atoms with Crippen molar-refractivity contribution in [1.82, 2.24) is 4.98 Å². The van der Waals surface area contributed by atoms with Crippen LogP contribution < -0.4 is 5.73 Å². The first kappa shape index (κ1) is 10.1. The third kappa shape index (κ3) is 1.82. The third-order valence-electron chi connectivity index (χ3n) is 2.93. The average Bonchev–Trinajstić information content (AvgIpc) is 2.71. The highest BCUT2D eigenvalue weighted by Crippen LogP contribution is 2.36. The Labute approximate surface area is 88.3 Å². The summed E-state index contributed by atoms with van der Waals surface area (Å²) < 4.78 is 5.38. The fourth-order valence-corrected chi connectivity index (χ4v) is 2.91. The molecule has 1 saturated carbocycles. The van der Waals surface area contributed by atoms with Crippen LogP contribution in [0.4, 0.5) is 0 Å². The minimum absolute atomic E-state index is 0.243. The molecule has 0 saturated heterocycles. The van der Waals surface area contributed by atoms with Crippen molar-refractivity contribution in [1.29, 1.82) is 0 Å². The van der Waals surface area contributed by atoms with Crippen LogP contribution in [-0.4, -0.2) is 18.2 Å². The summed E-state index contributed by atoms with van der Waals surface area (Å²) in [6, 6.07) is 0. The molecule has 2 rings (SSSR count). The minimum atomic E-state index is -0.243. The van der Waals surface area contributed by atoms with Gasteiger partial charge in [-0.1, -0.05) is 0 Å². The maximum Gasteiger partial charge on any atom is 0.113 e. The lowest BCUT2D eigenvalue weighted by Crippen LogP contribution is -2.43. The number of thiazole rings is 1. The lowest BCUT2D eigenvalue weighted by molar-refractivity contribution is 0.0406. The normalized spacial score (nSPS) is 33.1. The number of hydrogen-bond donors (Lipinski definition) is 1. The molecule has 78 valence electrons. The Morgan fingerprint density at radius 1 is 1.71 bits per heavy atom. The summed E-state index contributed by atoms with van der Waals surface area (Å²) in [6.07, 6.45) is 6.32. The van der Waals surface area contributed by atoms with Crippen LogP contribution in [0.3, 0.4) is 0 Å². The standard InChI is InChI=1S/C10H16N2OS/c1-13-8-3-2-4-10(11,7-8)9-12-5-6-14-9/h5-6,8H,2-4,7,11H2,1H3. The van der Waals surface area contributed by atoms with Crippen molar-refractivity contribution in [2.75, 3.05) is 7.11 Å². The highest BCUT2D eigenvalue weighted by atomic mass is 32.1. The zero-order valence-electron chi connectivity index (χ0n) is 8.40. The van der Waals surface area contributed by atoms with E-state index < -0.39 is 0 Å². The van der Waals surface area contributed by atoms with E-state index in [-0.39, 0.29) is 5.54 Å². The molecule has 14 heavy (non-hydrogen) atoms. The first-order valence-corrected chi connectivity index (χ1v) is 5.84. The minimum Gasteiger partial charge on any atom is -0.381 e. The number of nitrogens with zero attached hydrogens (tertiary/aromatic N) is 1. The SMILES string of the molecule is COC1CCCC(N)(c2nccs2)C1. The molecule has 0 amide bonds. The molecular weight excluding hydrogens is 196 g/mol. The zero-order valence-corrected chi connectivity index (χ0v) is 9.22. The Balaban J connectivity index is 2.15. The van der Waals surface area contributed by atoms with Crippen molar-refractivity contribution < 1.29 is 4.74 Å². The molecule has 0 spiro atoms. The smallest absolute Gasteiger partial charge is 0.113 e. The Kier molecular flexibility index (Phi) is 2.85. The first-order valence-electron chi connectivity index (χ1n) is 4.96. The predicted molar refractivity (Wildman–Crippen MR) is 57.2 cm³/mol. The van der Waals surface area contributed by atoms with Crippen LogP contribution in [0.2, 0.25) is 0 Å². The van der Waals surface area contributed by atoms with Crippen LogP contribution in [0.1, 0.15) is 30.7 Å². The molecule has 0 aromatic carbocycles. The van der Waals surface area contributed by atoms with Crippen LogP contribution in [0.15, 0.2) is 11.6 Å². The highest BCUT2D eigenvalue weighted by molar-refractivity contribution is 7.09. The van der Waals surface area contributed by atoms with Gasteiger partial charge in [-0.25, -0.2) is 4.98 Å². The maximum atomic E-state index is 6.36. The van der Waals surface area contributed by atoms with E-state index in [1.807, 2.05) is 11.6 Å². The highest BCUT2D eigenvalue weighted by Gasteiger charge is 2.36. The van der Waals surface area contributed by atoms with Gasteiger partial charge in [0.25, 0.3) is 0 Å². The van der Waals surface area contributed by atoms with E-state index in [1.54, 1.807) is 18.4 Å². The lowest BCUT2D eigenvalue weighted by Gasteiger charge is -2.35. The molecule has 2 atom stereocenters. The van der Waals surface area contributed by atoms with Gasteiger partial charge in [0, 0.05) is 18.7 Å². The van der Waals surface area contributed by atoms with Crippen molar-refractivity contribution in [2.24, 2.45) is 5.73 Å². The molecule has 2 N–H and O–H groups in total. The quantitative estimate of drug-likeness (QED) is 0.814. The van der Waals surface area contributed by atoms with Gasteiger partial charge in [0.05, 0.1) is 11.6 Å². The molecule has 1 heterocycles. The van der Waals surface area contributed by atoms with Gasteiger partial charge in [-0.15, -0.1) is 11.3 Å². The summed E-state index contributed by atoms with van der Waals surface area (Å²) in [4.78, 5) is 4.32. The Morgan fingerprint density at radius 2 is 2.57 bits per heavy atom. The summed E-state index contributed by atoms with van der Waals surface area (Å²) >= 11 is 1.65. The van der Waals surface area contributed by atoms with E-state index in [4.69, 9.17) is 10.5 Å². The third-order valence-corrected chi connectivity index (χ3v) is 3.93. The number of rotatable bonds is 2. The molecule has 2 unspecified atom stereocenters. The molecule has 0 bridgehead atoms. The summed E-state index contributed by atoms with van der Waals surface area (Å²) in [5, 5.41) is 3.04. The largest absolute Gasteiger partial charge is 0.381 e. The molecule has 0 radical (unpaired) electrons. The van der Waals surface area contributed by atoms with Crippen molar-refractivity contribution in [3.63, 3.8) is 0 Å². The Bertz CT molecular complexity index is 288. The average molecular weight is 212 g/mol. The molecule has 1 aromatic rings. The molecule has 1 aromatic heterocycles. The molecule has 3 nitrogen and oxygen atoms in total. The van der Waals surface area contributed by atoms with Gasteiger partial charge in [-0.2, -0.15) is 0 Å². The number of nitrogens with two attached hydrogens (primary N) is 1. The van der Waals surface area contributed by atoms with Gasteiger partial charge < -0.3 is 10.5 Å². The van der Waals surface area contributed by atoms with Gasteiger partial charge in [0.2, 0.25) is 0 Å². The molecule has 1 aliphatic carbocycles. The molecule has 0 aliphatic heterocycles. The van der Waals surface area contributed by atoms with Crippen molar-refractivity contribution in [3.05, 3.63) is 16.6 Å². The number of hydrogen-bond acceptors (Lipinski definition) is 4. The fourth-order valence-electron chi connectivity index (χ4n) is 2.12. The van der Waals surface area contributed by atoms with Crippen molar-refractivity contribution in [3.8, 4) is 0 Å². The van der Waals surface area contributed by atoms with Gasteiger partial charge in [0.1, 0.15) is 5.01 Å². The van der Waals surface area contributed by atoms with Crippen LogP contribution in [0.5, 0.6) is 0 Å².